The van der Waals surface area contributed by atoms with E-state index in [1.165, 1.54) is 5.52 Å². The van der Waals surface area contributed by atoms with Gasteiger partial charge in [-0.2, -0.15) is 0 Å². The lowest BCUT2D eigenvalue weighted by atomic mass is 10.1. The molecule has 1 aromatic heterocycles. The molecule has 134 valence electrons. The van der Waals surface area contributed by atoms with Gasteiger partial charge in [0.2, 0.25) is 6.33 Å². The molecule has 0 amide bonds. The fraction of sp³-hybridized carbons (Fsp3) is 0.350. The van der Waals surface area contributed by atoms with E-state index < -0.39 is 6.10 Å². The molecule has 4 nitrogen and oxygen atoms in total. The molecule has 0 saturated carbocycles. The SMILES string of the molecule is CCn1c[n+](CC(O)COc2c(C)cccc2C)c2ccccc21.[I-]. The molecule has 1 unspecified atom stereocenters. The van der Waals surface area contributed by atoms with Crippen molar-refractivity contribution >= 4 is 11.0 Å². The zero-order valence-electron chi connectivity index (χ0n) is 14.9. The molecule has 5 heteroatoms. The Kier molecular flexibility index (Phi) is 6.84. The van der Waals surface area contributed by atoms with Crippen LogP contribution in [-0.2, 0) is 13.1 Å². The summed E-state index contributed by atoms with van der Waals surface area (Å²) in [6.45, 7) is 7.87. The van der Waals surface area contributed by atoms with Gasteiger partial charge in [0, 0.05) is 0 Å². The Morgan fingerprint density at radius 3 is 2.44 bits per heavy atom. The van der Waals surface area contributed by atoms with E-state index in [9.17, 15) is 5.11 Å². The standard InChI is InChI=1S/C20H25N2O2.HI/c1-4-21-14-22(19-11-6-5-10-18(19)21)12-17(23)13-24-20-15(2)8-7-9-16(20)3;/h5-11,14,17,23H,4,12-13H2,1-3H3;1H/q+1;/p-1. The monoisotopic (exact) mass is 452 g/mol. The number of hydrogen-bond acceptors (Lipinski definition) is 2. The summed E-state index contributed by atoms with van der Waals surface area (Å²) in [4.78, 5) is 0. The maximum Gasteiger partial charge on any atom is 0.244 e. The van der Waals surface area contributed by atoms with Gasteiger partial charge in [-0.25, -0.2) is 9.13 Å². The first-order valence-corrected chi connectivity index (χ1v) is 8.44. The molecule has 3 aromatic rings. The van der Waals surface area contributed by atoms with Gasteiger partial charge >= 0.3 is 0 Å². The molecule has 0 spiro atoms. The number of fused-ring (bicyclic) bond motifs is 1. The van der Waals surface area contributed by atoms with E-state index >= 15 is 0 Å². The van der Waals surface area contributed by atoms with E-state index in [-0.39, 0.29) is 30.6 Å². The van der Waals surface area contributed by atoms with Crippen molar-refractivity contribution in [3.63, 3.8) is 0 Å². The molecule has 0 bridgehead atoms. The number of rotatable bonds is 6. The summed E-state index contributed by atoms with van der Waals surface area (Å²) in [5, 5.41) is 10.4. The smallest absolute Gasteiger partial charge is 0.244 e. The molecule has 1 N–H and O–H groups in total. The number of nitrogens with zero attached hydrogens (tertiary/aromatic N) is 2. The third-order valence-corrected chi connectivity index (χ3v) is 4.36. The second-order valence-corrected chi connectivity index (χ2v) is 6.23. The molecule has 1 atom stereocenters. The largest absolute Gasteiger partial charge is 1.00 e. The van der Waals surface area contributed by atoms with E-state index in [2.05, 4.69) is 34.5 Å². The van der Waals surface area contributed by atoms with E-state index in [4.69, 9.17) is 4.74 Å². The Bertz CT molecular complexity index is 825. The average Bonchev–Trinajstić information content (AvgIpc) is 2.92. The summed E-state index contributed by atoms with van der Waals surface area (Å²) in [5.41, 5.74) is 4.50. The van der Waals surface area contributed by atoms with Crippen molar-refractivity contribution in [2.75, 3.05) is 6.61 Å². The number of aliphatic hydroxyl groups excluding tert-OH is 1. The van der Waals surface area contributed by atoms with Crippen molar-refractivity contribution in [2.24, 2.45) is 0 Å². The first kappa shape index (κ1) is 19.7. The van der Waals surface area contributed by atoms with Crippen LogP contribution in [0.2, 0.25) is 0 Å². The van der Waals surface area contributed by atoms with Crippen LogP contribution >= 0.6 is 0 Å². The highest BCUT2D eigenvalue weighted by Gasteiger charge is 2.18. The minimum atomic E-state index is -0.565. The summed E-state index contributed by atoms with van der Waals surface area (Å²) in [6, 6.07) is 14.3. The van der Waals surface area contributed by atoms with Crippen LogP contribution in [-0.4, -0.2) is 22.4 Å². The highest BCUT2D eigenvalue weighted by molar-refractivity contribution is 5.71. The Morgan fingerprint density at radius 1 is 1.08 bits per heavy atom. The number of ether oxygens (including phenoxy) is 1. The van der Waals surface area contributed by atoms with Crippen LogP contribution in [0, 0.1) is 13.8 Å². The highest BCUT2D eigenvalue weighted by atomic mass is 127. The van der Waals surface area contributed by atoms with E-state index in [0.29, 0.717) is 6.54 Å². The summed E-state index contributed by atoms with van der Waals surface area (Å²) < 4.78 is 10.2. The normalized spacial score (nSPS) is 12.0. The van der Waals surface area contributed by atoms with Crippen LogP contribution < -0.4 is 33.3 Å². The maximum absolute atomic E-state index is 10.4. The maximum atomic E-state index is 10.4. The molecule has 25 heavy (non-hydrogen) atoms. The Hall–Kier alpha value is -1.60. The van der Waals surface area contributed by atoms with Gasteiger partial charge in [0.25, 0.3) is 0 Å². The number of aryl methyl sites for hydroxylation is 3. The lowest BCUT2D eigenvalue weighted by molar-refractivity contribution is -0.679. The van der Waals surface area contributed by atoms with Crippen LogP contribution in [0.4, 0.5) is 0 Å². The number of imidazole rings is 1. The van der Waals surface area contributed by atoms with Crippen molar-refractivity contribution in [2.45, 2.75) is 40.0 Å². The molecule has 3 rings (SSSR count). The van der Waals surface area contributed by atoms with E-state index in [1.54, 1.807) is 0 Å². The molecular weight excluding hydrogens is 427 g/mol. The predicted molar refractivity (Wildman–Crippen MR) is 95.2 cm³/mol. The molecule has 0 aliphatic carbocycles. The molecule has 1 heterocycles. The quantitative estimate of drug-likeness (QED) is 0.423. The Labute approximate surface area is 166 Å². The average molecular weight is 452 g/mol. The van der Waals surface area contributed by atoms with Crippen LogP contribution in [0.1, 0.15) is 18.1 Å². The van der Waals surface area contributed by atoms with Crippen molar-refractivity contribution < 1.29 is 38.4 Å². The second-order valence-electron chi connectivity index (χ2n) is 6.23. The van der Waals surface area contributed by atoms with E-state index in [1.807, 2.05) is 44.2 Å². The molecule has 0 saturated heterocycles. The zero-order chi connectivity index (χ0) is 17.1. The first-order valence-electron chi connectivity index (χ1n) is 8.44. The van der Waals surface area contributed by atoms with Crippen LogP contribution in [0.15, 0.2) is 48.8 Å². The van der Waals surface area contributed by atoms with Crippen LogP contribution in [0.3, 0.4) is 0 Å². The number of hydrogen-bond donors (Lipinski definition) is 1. The van der Waals surface area contributed by atoms with Gasteiger partial charge < -0.3 is 33.8 Å². The zero-order valence-corrected chi connectivity index (χ0v) is 17.1. The Balaban J connectivity index is 0.00000225. The summed E-state index contributed by atoms with van der Waals surface area (Å²) in [7, 11) is 0. The summed E-state index contributed by atoms with van der Waals surface area (Å²) >= 11 is 0. The van der Waals surface area contributed by atoms with Gasteiger partial charge in [-0.1, -0.05) is 30.3 Å². The van der Waals surface area contributed by atoms with Crippen molar-refractivity contribution in [3.8, 4) is 5.75 Å². The second kappa shape index (κ2) is 8.67. The van der Waals surface area contributed by atoms with Crippen molar-refractivity contribution in [3.05, 3.63) is 59.9 Å². The molecule has 0 radical (unpaired) electrons. The summed E-state index contributed by atoms with van der Waals surface area (Å²) in [5.74, 6) is 0.873. The number of aliphatic hydroxyl groups is 1. The van der Waals surface area contributed by atoms with Gasteiger partial charge in [0.15, 0.2) is 11.0 Å². The number of para-hydroxylation sites is 3. The minimum absolute atomic E-state index is 0. The number of halogens is 1. The number of benzene rings is 2. The fourth-order valence-corrected chi connectivity index (χ4v) is 3.13. The molecule has 0 fully saturated rings. The molecule has 2 aromatic carbocycles. The van der Waals surface area contributed by atoms with Crippen molar-refractivity contribution in [1.82, 2.24) is 4.57 Å². The predicted octanol–water partition coefficient (Wildman–Crippen LogP) is 0.00944. The highest BCUT2D eigenvalue weighted by Crippen LogP contribution is 2.22. The lowest BCUT2D eigenvalue weighted by Gasteiger charge is -2.14. The molecule has 0 aliphatic heterocycles. The Morgan fingerprint density at radius 2 is 1.76 bits per heavy atom. The molecular formula is C20H25IN2O2. The summed E-state index contributed by atoms with van der Waals surface area (Å²) in [6.07, 6.45) is 1.50. The van der Waals surface area contributed by atoms with Gasteiger partial charge in [0.1, 0.15) is 25.0 Å². The van der Waals surface area contributed by atoms with Crippen LogP contribution in [0.5, 0.6) is 5.75 Å². The van der Waals surface area contributed by atoms with Crippen molar-refractivity contribution in [1.29, 1.82) is 0 Å². The topological polar surface area (TPSA) is 38.3 Å². The third-order valence-electron chi connectivity index (χ3n) is 4.36. The first-order chi connectivity index (χ1) is 11.6. The van der Waals surface area contributed by atoms with Gasteiger partial charge in [-0.15, -0.1) is 0 Å². The lowest BCUT2D eigenvalue weighted by Crippen LogP contribution is -3.00. The third kappa shape index (κ3) is 4.33. The fourth-order valence-electron chi connectivity index (χ4n) is 3.13. The molecule has 0 aliphatic rings. The number of aromatic nitrogens is 2. The van der Waals surface area contributed by atoms with E-state index in [0.717, 1.165) is 28.9 Å². The van der Waals surface area contributed by atoms with Gasteiger partial charge in [-0.3, -0.25) is 0 Å². The van der Waals surface area contributed by atoms with Gasteiger partial charge in [0.05, 0.1) is 6.54 Å². The minimum Gasteiger partial charge on any atom is -1.00 e. The van der Waals surface area contributed by atoms with Gasteiger partial charge in [-0.05, 0) is 44.0 Å². The van der Waals surface area contributed by atoms with Crippen LogP contribution in [0.25, 0.3) is 11.0 Å².